The van der Waals surface area contributed by atoms with Gasteiger partial charge in [0.05, 0.1) is 6.67 Å². The van der Waals surface area contributed by atoms with Gasteiger partial charge in [0.2, 0.25) is 0 Å². The molecule has 0 radical (unpaired) electrons. The summed E-state index contributed by atoms with van der Waals surface area (Å²) in [6.45, 7) is 16.0. The molecule has 2 aliphatic heterocycles. The molecular weight excluding hydrogens is 708 g/mol. The molecule has 0 aromatic heterocycles. The molecule has 250 valence electrons. The van der Waals surface area contributed by atoms with E-state index in [1.54, 1.807) is 0 Å². The molecule has 0 N–H and O–H groups in total. The van der Waals surface area contributed by atoms with Gasteiger partial charge < -0.3 is 23.6 Å². The molecule has 0 saturated carbocycles. The average molecular weight is 742 g/mol. The number of nitrogens with zero attached hydrogens (tertiary/aromatic N) is 2. The number of hydrogen-bond acceptors (Lipinski definition) is 9. The summed E-state index contributed by atoms with van der Waals surface area (Å²) in [5, 5.41) is 0. The molecule has 1 saturated heterocycles. The summed E-state index contributed by atoms with van der Waals surface area (Å²) in [6.07, 6.45) is 6.95. The van der Waals surface area contributed by atoms with Crippen molar-refractivity contribution in [1.82, 2.24) is 0 Å². The summed E-state index contributed by atoms with van der Waals surface area (Å²) in [7, 11) is -12.2. The zero-order valence-electron chi connectivity index (χ0n) is 25.5. The van der Waals surface area contributed by atoms with Crippen LogP contribution in [0, 0.1) is 41.5 Å². The Balaban J connectivity index is 0.000000721. The van der Waals surface area contributed by atoms with Gasteiger partial charge in [-0.25, -0.2) is 16.8 Å². The number of anilines is 2. The fourth-order valence-corrected chi connectivity index (χ4v) is 4.47. The largest absolute Gasteiger partial charge is 2.00 e. The van der Waals surface area contributed by atoms with Crippen molar-refractivity contribution in [2.45, 2.75) is 65.4 Å². The summed E-state index contributed by atoms with van der Waals surface area (Å²) in [5.74, 6) is 0. The minimum atomic E-state index is -6.09. The molecule has 2 aliphatic rings. The number of ether oxygens (including phenoxy) is 1. The summed E-state index contributed by atoms with van der Waals surface area (Å²) in [5.41, 5.74) is -0.619. The Morgan fingerprint density at radius 2 is 0.867 bits per heavy atom. The van der Waals surface area contributed by atoms with Crippen LogP contribution in [0.15, 0.2) is 36.7 Å². The molecule has 0 atom stereocenters. The minimum absolute atomic E-state index is 0. The van der Waals surface area contributed by atoms with Gasteiger partial charge in [-0.3, -0.25) is 0 Å². The molecule has 0 amide bonds. The number of aryl methyl sites for hydroxylation is 6. The summed E-state index contributed by atoms with van der Waals surface area (Å²) < 4.78 is 123. The van der Waals surface area contributed by atoms with Gasteiger partial charge in [0.1, 0.15) is 0 Å². The molecule has 0 bridgehead atoms. The molecule has 45 heavy (non-hydrogen) atoms. The second-order valence-corrected chi connectivity index (χ2v) is 12.7. The van der Waals surface area contributed by atoms with Gasteiger partial charge >= 0.3 is 30.5 Å². The van der Waals surface area contributed by atoms with E-state index < -0.39 is 31.3 Å². The van der Waals surface area contributed by atoms with Crippen molar-refractivity contribution in [2.24, 2.45) is 0 Å². The van der Waals surface area contributed by atoms with Crippen molar-refractivity contribution >= 4 is 31.6 Å². The molecule has 1 fully saturated rings. The zero-order valence-corrected chi connectivity index (χ0v) is 30.1. The predicted molar refractivity (Wildman–Crippen MR) is 152 cm³/mol. The maximum Gasteiger partial charge on any atom is 2.00 e. The number of halogens is 6. The van der Waals surface area contributed by atoms with E-state index in [9.17, 15) is 26.3 Å². The van der Waals surface area contributed by atoms with Gasteiger partial charge in [0, 0.05) is 37.0 Å². The van der Waals surface area contributed by atoms with E-state index in [4.69, 9.17) is 30.7 Å². The van der Waals surface area contributed by atoms with Crippen molar-refractivity contribution in [3.05, 3.63) is 70.0 Å². The first-order valence-electron chi connectivity index (χ1n) is 12.9. The normalized spacial score (nSPS) is 14.8. The smallest absolute Gasteiger partial charge is 0.741 e. The number of alkyl halides is 6. The van der Waals surface area contributed by atoms with E-state index in [-0.39, 0.29) is 19.5 Å². The third kappa shape index (κ3) is 13.6. The Morgan fingerprint density at radius 3 is 1.04 bits per heavy atom. The summed E-state index contributed by atoms with van der Waals surface area (Å²) in [6, 6.07) is 9.06. The topological polar surface area (TPSA) is 130 Å². The first kappa shape index (κ1) is 42.8. The molecule has 2 aromatic rings. The summed E-state index contributed by atoms with van der Waals surface area (Å²) >= 11 is 0. The van der Waals surface area contributed by atoms with Crippen LogP contribution in [0.25, 0.3) is 0 Å². The summed E-state index contributed by atoms with van der Waals surface area (Å²) in [4.78, 5) is 4.70. The molecule has 0 aliphatic carbocycles. The van der Waals surface area contributed by atoms with Crippen molar-refractivity contribution in [1.29, 1.82) is 0 Å². The van der Waals surface area contributed by atoms with Crippen LogP contribution < -0.4 is 9.80 Å². The van der Waals surface area contributed by atoms with Crippen molar-refractivity contribution < 1.29 is 76.5 Å². The molecule has 2 aromatic carbocycles. The molecule has 18 heteroatoms. The Labute approximate surface area is 272 Å². The van der Waals surface area contributed by atoms with Crippen LogP contribution in [0.2, 0.25) is 0 Å². The van der Waals surface area contributed by atoms with Crippen molar-refractivity contribution in [3.8, 4) is 0 Å². The third-order valence-electron chi connectivity index (χ3n) is 5.97. The number of hydrogen-bond donors (Lipinski definition) is 0. The number of benzene rings is 2. The Bertz CT molecular complexity index is 1370. The van der Waals surface area contributed by atoms with Gasteiger partial charge in [-0.05, 0) is 76.6 Å². The maximum atomic E-state index is 10.7. The van der Waals surface area contributed by atoms with Gasteiger partial charge in [0.25, 0.3) is 0 Å². The van der Waals surface area contributed by atoms with Crippen LogP contribution >= 0.6 is 0 Å². The number of rotatable bonds is 2. The van der Waals surface area contributed by atoms with Crippen molar-refractivity contribution in [3.63, 3.8) is 0 Å². The molecule has 0 unspecified atom stereocenters. The Hall–Kier alpha value is -2.24. The average Bonchev–Trinajstić information content (AvgIpc) is 3.52. The second kappa shape index (κ2) is 17.1. The Morgan fingerprint density at radius 1 is 0.622 bits per heavy atom. The quantitative estimate of drug-likeness (QED) is 0.153. The van der Waals surface area contributed by atoms with E-state index >= 15 is 0 Å². The fraction of sp³-hybridized carbons (Fsp3) is 0.481. The maximum absolute atomic E-state index is 10.7. The van der Waals surface area contributed by atoms with E-state index in [0.29, 0.717) is 0 Å². The van der Waals surface area contributed by atoms with Gasteiger partial charge in [-0.2, -0.15) is 26.3 Å². The van der Waals surface area contributed by atoms with Crippen LogP contribution in [0.5, 0.6) is 0 Å². The molecule has 9 nitrogen and oxygen atoms in total. The molecular formula is C27H34F6N2O7S2Zn. The zero-order chi connectivity index (χ0) is 34.3. The van der Waals surface area contributed by atoms with E-state index in [2.05, 4.69) is 88.0 Å². The minimum Gasteiger partial charge on any atom is -0.741 e. The standard InChI is InChI=1S/C21H26N2.C4H8O.2CHF3O3S.Zn/c1-14-9-16(3)20(17(4)10-14)22-7-8-23(13-22)21-18(5)11-15(2)12-19(21)6;1-2-4-5-3-1;2*2-1(3,4)8(5,6)7;/h7-12H,13H2,1-6H3;1-4H2;2*(H,5,6,7);/q;;;;+2/p-2. The van der Waals surface area contributed by atoms with Crippen LogP contribution in [-0.2, 0) is 44.5 Å². The van der Waals surface area contributed by atoms with Gasteiger partial charge in [-0.1, -0.05) is 35.4 Å². The van der Waals surface area contributed by atoms with Crippen LogP contribution in [0.4, 0.5) is 37.7 Å². The van der Waals surface area contributed by atoms with E-state index in [1.165, 1.54) is 57.6 Å². The van der Waals surface area contributed by atoms with Crippen LogP contribution in [0.1, 0.15) is 46.2 Å². The predicted octanol–water partition coefficient (Wildman–Crippen LogP) is 6.19. The van der Waals surface area contributed by atoms with E-state index in [0.717, 1.165) is 19.9 Å². The van der Waals surface area contributed by atoms with Gasteiger partial charge in [-0.15, -0.1) is 0 Å². The van der Waals surface area contributed by atoms with Gasteiger partial charge in [0.15, 0.2) is 20.2 Å². The van der Waals surface area contributed by atoms with E-state index in [1.807, 2.05) is 0 Å². The molecule has 4 rings (SSSR count). The monoisotopic (exact) mass is 740 g/mol. The first-order valence-corrected chi connectivity index (χ1v) is 15.7. The van der Waals surface area contributed by atoms with Crippen LogP contribution in [-0.4, -0.2) is 56.8 Å². The SMILES string of the molecule is C1CCOC1.Cc1cc(C)c(N2C=CN(c3c(C)cc(C)cc3C)C2)c(C)c1.O=S(=O)([O-])C(F)(F)F.O=S(=O)([O-])C(F)(F)F.[Zn+2]. The second-order valence-electron chi connectivity index (χ2n) is 9.99. The van der Waals surface area contributed by atoms with Crippen molar-refractivity contribution in [2.75, 3.05) is 29.7 Å². The fourth-order valence-electron chi connectivity index (χ4n) is 4.47. The van der Waals surface area contributed by atoms with Crippen LogP contribution in [0.3, 0.4) is 0 Å². The first-order chi connectivity index (χ1) is 19.9. The molecule has 0 spiro atoms. The Kier molecular flexibility index (Phi) is 16.2. The third-order valence-corrected chi connectivity index (χ3v) is 7.10. The molecule has 2 heterocycles.